The largest absolute Gasteiger partial charge is 0.390 e. The topological polar surface area (TPSA) is 92.5 Å². The zero-order chi connectivity index (χ0) is 14.6. The first-order chi connectivity index (χ1) is 8.72. The minimum absolute atomic E-state index is 0.0724. The van der Waals surface area contributed by atoms with Crippen LogP contribution >= 0.6 is 0 Å². The van der Waals surface area contributed by atoms with Crippen molar-refractivity contribution in [2.24, 2.45) is 0 Å². The summed E-state index contributed by atoms with van der Waals surface area (Å²) in [6.45, 7) is 5.18. The number of nitro groups is 1. The van der Waals surface area contributed by atoms with Crippen molar-refractivity contribution < 1.29 is 14.8 Å². The number of nitro benzene ring substituents is 1. The normalized spacial score (nSPS) is 11.2. The van der Waals surface area contributed by atoms with E-state index < -0.39 is 16.4 Å². The number of carbonyl (C=O) groups excluding carboxylic acids is 1. The first-order valence-corrected chi connectivity index (χ1v) is 5.97. The van der Waals surface area contributed by atoms with Gasteiger partial charge >= 0.3 is 0 Å². The Labute approximate surface area is 111 Å². The molecule has 0 atom stereocenters. The van der Waals surface area contributed by atoms with Crippen LogP contribution < -0.4 is 5.32 Å². The van der Waals surface area contributed by atoms with Crippen LogP contribution in [0.5, 0.6) is 0 Å². The van der Waals surface area contributed by atoms with E-state index >= 15 is 0 Å². The maximum atomic E-state index is 12.0. The molecule has 0 radical (unpaired) electrons. The number of nitrogens with one attached hydrogen (secondary N) is 1. The molecule has 0 aromatic heterocycles. The second-order valence-corrected chi connectivity index (χ2v) is 5.04. The first kappa shape index (κ1) is 15.1. The van der Waals surface area contributed by atoms with Crippen LogP contribution in [0.15, 0.2) is 18.2 Å². The Kier molecular flexibility index (Phi) is 4.61. The number of aliphatic hydroxyl groups is 1. The van der Waals surface area contributed by atoms with Crippen molar-refractivity contribution in [2.45, 2.75) is 32.8 Å². The molecule has 0 spiro atoms. The third-order valence-corrected chi connectivity index (χ3v) is 2.70. The zero-order valence-corrected chi connectivity index (χ0v) is 11.3. The standard InChI is InChI=1S/C13H18N2O4/c1-9-5-4-6-10(15(18)19)11(9)12(16)14-8-7-13(2,3)17/h4-6,17H,7-8H2,1-3H3,(H,14,16). The number of nitrogens with zero attached hydrogens (tertiary/aromatic N) is 1. The van der Waals surface area contributed by atoms with Gasteiger partial charge in [-0.1, -0.05) is 12.1 Å². The van der Waals surface area contributed by atoms with Gasteiger partial charge in [0, 0.05) is 12.6 Å². The molecule has 0 heterocycles. The van der Waals surface area contributed by atoms with Crippen LogP contribution in [0.2, 0.25) is 0 Å². The average Bonchev–Trinajstić information content (AvgIpc) is 2.26. The maximum Gasteiger partial charge on any atom is 0.282 e. The molecule has 0 saturated heterocycles. The number of benzene rings is 1. The van der Waals surface area contributed by atoms with Gasteiger partial charge in [0.25, 0.3) is 11.6 Å². The van der Waals surface area contributed by atoms with Crippen molar-refractivity contribution in [3.63, 3.8) is 0 Å². The highest BCUT2D eigenvalue weighted by Gasteiger charge is 2.22. The van der Waals surface area contributed by atoms with Gasteiger partial charge in [0.1, 0.15) is 5.56 Å². The molecule has 1 amide bonds. The molecule has 6 nitrogen and oxygen atoms in total. The lowest BCUT2D eigenvalue weighted by molar-refractivity contribution is -0.385. The second kappa shape index (κ2) is 5.79. The highest BCUT2D eigenvalue weighted by molar-refractivity contribution is 5.99. The van der Waals surface area contributed by atoms with Gasteiger partial charge < -0.3 is 10.4 Å². The summed E-state index contributed by atoms with van der Waals surface area (Å²) in [6, 6.07) is 4.50. The molecule has 0 aliphatic rings. The fraction of sp³-hybridized carbons (Fsp3) is 0.462. The molecule has 1 aromatic carbocycles. The van der Waals surface area contributed by atoms with E-state index in [-0.39, 0.29) is 17.8 Å². The second-order valence-electron chi connectivity index (χ2n) is 5.04. The van der Waals surface area contributed by atoms with Crippen molar-refractivity contribution >= 4 is 11.6 Å². The molecule has 0 aliphatic carbocycles. The molecule has 2 N–H and O–H groups in total. The van der Waals surface area contributed by atoms with Gasteiger partial charge in [0.2, 0.25) is 0 Å². The smallest absolute Gasteiger partial charge is 0.282 e. The number of amides is 1. The van der Waals surface area contributed by atoms with Crippen LogP contribution in [-0.4, -0.2) is 28.1 Å². The summed E-state index contributed by atoms with van der Waals surface area (Å²) in [5.41, 5.74) is -0.468. The van der Waals surface area contributed by atoms with Crippen LogP contribution in [0, 0.1) is 17.0 Å². The van der Waals surface area contributed by atoms with E-state index in [9.17, 15) is 20.0 Å². The summed E-state index contributed by atoms with van der Waals surface area (Å²) in [7, 11) is 0. The summed E-state index contributed by atoms with van der Waals surface area (Å²) < 4.78 is 0. The van der Waals surface area contributed by atoms with Crippen LogP contribution in [0.4, 0.5) is 5.69 Å². The van der Waals surface area contributed by atoms with Gasteiger partial charge in [-0.3, -0.25) is 14.9 Å². The average molecular weight is 266 g/mol. The lowest BCUT2D eigenvalue weighted by Crippen LogP contribution is -2.31. The number of hydrogen-bond acceptors (Lipinski definition) is 4. The summed E-state index contributed by atoms with van der Waals surface area (Å²) in [4.78, 5) is 22.3. The number of hydrogen-bond donors (Lipinski definition) is 2. The summed E-state index contributed by atoms with van der Waals surface area (Å²) >= 11 is 0. The molecular formula is C13H18N2O4. The van der Waals surface area contributed by atoms with Crippen LogP contribution in [0.25, 0.3) is 0 Å². The lowest BCUT2D eigenvalue weighted by atomic mass is 10.0. The predicted molar refractivity (Wildman–Crippen MR) is 71.1 cm³/mol. The van der Waals surface area contributed by atoms with E-state index in [2.05, 4.69) is 5.32 Å². The Balaban J connectivity index is 2.85. The lowest BCUT2D eigenvalue weighted by Gasteiger charge is -2.17. The van der Waals surface area contributed by atoms with Gasteiger partial charge in [-0.15, -0.1) is 0 Å². The van der Waals surface area contributed by atoms with Gasteiger partial charge in [-0.25, -0.2) is 0 Å². The number of rotatable bonds is 5. The number of carbonyl (C=O) groups is 1. The third-order valence-electron chi connectivity index (χ3n) is 2.70. The fourth-order valence-corrected chi connectivity index (χ4v) is 1.67. The minimum atomic E-state index is -0.884. The first-order valence-electron chi connectivity index (χ1n) is 5.97. The monoisotopic (exact) mass is 266 g/mol. The maximum absolute atomic E-state index is 12.0. The molecule has 6 heteroatoms. The summed E-state index contributed by atoms with van der Waals surface area (Å²) in [5, 5.41) is 23.0. The van der Waals surface area contributed by atoms with Crippen LogP contribution in [0.3, 0.4) is 0 Å². The van der Waals surface area contributed by atoms with E-state index in [1.54, 1.807) is 32.9 Å². The minimum Gasteiger partial charge on any atom is -0.390 e. The van der Waals surface area contributed by atoms with Crippen molar-refractivity contribution in [2.75, 3.05) is 6.54 Å². The molecule has 0 fully saturated rings. The molecule has 0 unspecified atom stereocenters. The van der Waals surface area contributed by atoms with Crippen molar-refractivity contribution in [3.05, 3.63) is 39.4 Å². The molecule has 1 rings (SSSR count). The van der Waals surface area contributed by atoms with Crippen LogP contribution in [0.1, 0.15) is 36.2 Å². The van der Waals surface area contributed by atoms with E-state index in [0.29, 0.717) is 12.0 Å². The van der Waals surface area contributed by atoms with Gasteiger partial charge in [-0.2, -0.15) is 0 Å². The third kappa shape index (κ3) is 4.33. The molecular weight excluding hydrogens is 248 g/mol. The Morgan fingerprint density at radius 3 is 2.63 bits per heavy atom. The molecule has 0 aliphatic heterocycles. The molecule has 0 saturated carbocycles. The quantitative estimate of drug-likeness (QED) is 0.627. The van der Waals surface area contributed by atoms with Gasteiger partial charge in [0.15, 0.2) is 0 Å². The molecule has 19 heavy (non-hydrogen) atoms. The highest BCUT2D eigenvalue weighted by Crippen LogP contribution is 2.21. The van der Waals surface area contributed by atoms with Gasteiger partial charge in [0.05, 0.1) is 10.5 Å². The fourth-order valence-electron chi connectivity index (χ4n) is 1.67. The van der Waals surface area contributed by atoms with Crippen molar-refractivity contribution in [1.82, 2.24) is 5.32 Å². The Bertz CT molecular complexity index is 492. The zero-order valence-electron chi connectivity index (χ0n) is 11.3. The Morgan fingerprint density at radius 1 is 1.47 bits per heavy atom. The van der Waals surface area contributed by atoms with Gasteiger partial charge in [-0.05, 0) is 32.8 Å². The number of aryl methyl sites for hydroxylation is 1. The predicted octanol–water partition coefficient (Wildman–Crippen LogP) is 1.79. The molecule has 1 aromatic rings. The van der Waals surface area contributed by atoms with E-state index in [4.69, 9.17) is 0 Å². The molecule has 0 bridgehead atoms. The van der Waals surface area contributed by atoms with Crippen molar-refractivity contribution in [1.29, 1.82) is 0 Å². The van der Waals surface area contributed by atoms with E-state index in [0.717, 1.165) is 0 Å². The summed E-state index contributed by atoms with van der Waals surface area (Å²) in [6.07, 6.45) is 0.373. The Hall–Kier alpha value is -1.95. The van der Waals surface area contributed by atoms with Crippen molar-refractivity contribution in [3.8, 4) is 0 Å². The highest BCUT2D eigenvalue weighted by atomic mass is 16.6. The van der Waals surface area contributed by atoms with E-state index in [1.807, 2.05) is 0 Å². The summed E-state index contributed by atoms with van der Waals surface area (Å²) in [5.74, 6) is -0.492. The SMILES string of the molecule is Cc1cccc([N+](=O)[O-])c1C(=O)NCCC(C)(C)O. The van der Waals surface area contributed by atoms with E-state index in [1.165, 1.54) is 6.07 Å². The Morgan fingerprint density at radius 2 is 2.11 bits per heavy atom. The van der Waals surface area contributed by atoms with Crippen LogP contribution in [-0.2, 0) is 0 Å². The molecule has 104 valence electrons.